The molecule has 0 radical (unpaired) electrons. The molecule has 9 aromatic rings. The van der Waals surface area contributed by atoms with Crippen molar-refractivity contribution in [1.82, 2.24) is 24.5 Å². The molecule has 0 aliphatic rings. The minimum Gasteiger partial charge on any atom is -0.309 e. The number of pyridine rings is 4. The molecule has 0 saturated carbocycles. The lowest BCUT2D eigenvalue weighted by Crippen LogP contribution is -1.94. The van der Waals surface area contributed by atoms with E-state index in [1.54, 1.807) is 12.4 Å². The van der Waals surface area contributed by atoms with Crippen LogP contribution in [0.3, 0.4) is 0 Å². The molecular weight excluding hydrogens is 574 g/mol. The first-order valence-corrected chi connectivity index (χ1v) is 15.6. The zero-order valence-electron chi connectivity index (χ0n) is 25.3. The Kier molecular flexibility index (Phi) is 6.39. The van der Waals surface area contributed by atoms with Gasteiger partial charge in [-0.05, 0) is 94.7 Å². The van der Waals surface area contributed by atoms with Gasteiger partial charge in [0.05, 0.1) is 22.4 Å². The Hall–Kier alpha value is -6.46. The van der Waals surface area contributed by atoms with E-state index in [4.69, 9.17) is 9.97 Å². The van der Waals surface area contributed by atoms with Gasteiger partial charge >= 0.3 is 0 Å². The topological polar surface area (TPSA) is 56.5 Å². The monoisotopic (exact) mass is 601 g/mol. The Balaban J connectivity index is 1.20. The molecule has 0 N–H and O–H groups in total. The minimum atomic E-state index is 0.906. The maximum absolute atomic E-state index is 4.78. The van der Waals surface area contributed by atoms with Crippen molar-refractivity contribution in [3.63, 3.8) is 0 Å². The standard InChI is InChI=1S/C42H27N5/c1-2-6-29-21-36(14-9-28(29)5-1)47-41-17-12-30(32-10-15-39(45-26-32)34-7-3-19-43-24-34)22-37(41)38-23-31(13-18-42(38)47)33-11-16-40(46-27-33)35-8-4-20-44-25-35/h1-27H. The molecule has 0 spiro atoms. The van der Waals surface area contributed by atoms with Gasteiger partial charge in [-0.2, -0.15) is 0 Å². The predicted molar refractivity (Wildman–Crippen MR) is 191 cm³/mol. The second-order valence-corrected chi connectivity index (χ2v) is 11.7. The molecule has 0 aliphatic heterocycles. The fourth-order valence-corrected chi connectivity index (χ4v) is 6.48. The zero-order chi connectivity index (χ0) is 31.2. The number of rotatable bonds is 5. The molecule has 0 bridgehead atoms. The van der Waals surface area contributed by atoms with Crippen LogP contribution in [0.4, 0.5) is 0 Å². The van der Waals surface area contributed by atoms with Gasteiger partial charge in [0, 0.05) is 75.9 Å². The summed E-state index contributed by atoms with van der Waals surface area (Å²) in [6, 6.07) is 45.0. The van der Waals surface area contributed by atoms with Crippen molar-refractivity contribution in [3.8, 4) is 50.5 Å². The van der Waals surface area contributed by atoms with Gasteiger partial charge in [-0.1, -0.05) is 54.6 Å². The van der Waals surface area contributed by atoms with Crippen LogP contribution in [0, 0.1) is 0 Å². The summed E-state index contributed by atoms with van der Waals surface area (Å²) in [6.45, 7) is 0. The highest BCUT2D eigenvalue weighted by Crippen LogP contribution is 2.38. The van der Waals surface area contributed by atoms with Gasteiger partial charge in [0.1, 0.15) is 0 Å². The van der Waals surface area contributed by atoms with E-state index in [0.717, 1.165) is 61.5 Å². The predicted octanol–water partition coefficient (Wildman–Crippen LogP) is 10.2. The minimum absolute atomic E-state index is 0.906. The van der Waals surface area contributed by atoms with E-state index in [0.29, 0.717) is 0 Å². The number of hydrogen-bond acceptors (Lipinski definition) is 4. The Morgan fingerprint density at radius 1 is 0.383 bits per heavy atom. The van der Waals surface area contributed by atoms with E-state index in [1.165, 1.54) is 21.5 Å². The van der Waals surface area contributed by atoms with Gasteiger partial charge < -0.3 is 4.57 Å². The average Bonchev–Trinajstić information content (AvgIpc) is 3.48. The van der Waals surface area contributed by atoms with Crippen LogP contribution in [-0.2, 0) is 0 Å². The molecule has 0 saturated heterocycles. The van der Waals surface area contributed by atoms with Crippen LogP contribution in [0.25, 0.3) is 83.0 Å². The van der Waals surface area contributed by atoms with Crippen LogP contribution in [0.5, 0.6) is 0 Å². The average molecular weight is 602 g/mol. The fourth-order valence-electron chi connectivity index (χ4n) is 6.48. The molecule has 0 fully saturated rings. The first-order chi connectivity index (χ1) is 23.3. The Morgan fingerprint density at radius 3 is 1.45 bits per heavy atom. The van der Waals surface area contributed by atoms with Crippen LogP contribution in [0.15, 0.2) is 165 Å². The second kappa shape index (κ2) is 11.2. The molecular formula is C42H27N5. The molecule has 47 heavy (non-hydrogen) atoms. The maximum atomic E-state index is 4.78. The number of hydrogen-bond donors (Lipinski definition) is 0. The zero-order valence-corrected chi connectivity index (χ0v) is 25.3. The van der Waals surface area contributed by atoms with Crippen molar-refractivity contribution < 1.29 is 0 Å². The molecule has 0 unspecified atom stereocenters. The molecule has 9 rings (SSSR count). The number of fused-ring (bicyclic) bond motifs is 4. The SMILES string of the molecule is c1cncc(-c2ccc(-c3ccc4c(c3)c3cc(-c5ccc(-c6cccnc6)nc5)ccc3n4-c3ccc4ccccc4c3)cn2)c1. The molecule has 0 atom stereocenters. The van der Waals surface area contributed by atoms with Gasteiger partial charge in [0.15, 0.2) is 0 Å². The summed E-state index contributed by atoms with van der Waals surface area (Å²) in [5.41, 5.74) is 11.6. The van der Waals surface area contributed by atoms with Crippen LogP contribution in [0.1, 0.15) is 0 Å². The summed E-state index contributed by atoms with van der Waals surface area (Å²) >= 11 is 0. The first-order valence-electron chi connectivity index (χ1n) is 15.6. The molecule has 0 aliphatic carbocycles. The highest BCUT2D eigenvalue weighted by atomic mass is 15.0. The van der Waals surface area contributed by atoms with Gasteiger partial charge in [-0.25, -0.2) is 0 Å². The molecule has 4 aromatic carbocycles. The van der Waals surface area contributed by atoms with Gasteiger partial charge in [-0.3, -0.25) is 19.9 Å². The van der Waals surface area contributed by atoms with Crippen molar-refractivity contribution >= 4 is 32.6 Å². The van der Waals surface area contributed by atoms with Crippen molar-refractivity contribution in [2.75, 3.05) is 0 Å². The summed E-state index contributed by atoms with van der Waals surface area (Å²) in [7, 11) is 0. The highest BCUT2D eigenvalue weighted by molar-refractivity contribution is 6.12. The lowest BCUT2D eigenvalue weighted by atomic mass is 10.0. The number of benzene rings is 4. The summed E-state index contributed by atoms with van der Waals surface area (Å²) in [5, 5.41) is 4.81. The number of nitrogens with zero attached hydrogens (tertiary/aromatic N) is 5. The van der Waals surface area contributed by atoms with Crippen molar-refractivity contribution in [2.24, 2.45) is 0 Å². The molecule has 220 valence electrons. The summed E-state index contributed by atoms with van der Waals surface area (Å²) in [5.74, 6) is 0. The number of aromatic nitrogens is 5. The third-order valence-corrected chi connectivity index (χ3v) is 8.86. The van der Waals surface area contributed by atoms with E-state index >= 15 is 0 Å². The quantitative estimate of drug-likeness (QED) is 0.197. The summed E-state index contributed by atoms with van der Waals surface area (Å²) < 4.78 is 2.37. The molecule has 5 heterocycles. The van der Waals surface area contributed by atoms with Gasteiger partial charge in [0.25, 0.3) is 0 Å². The molecule has 5 heteroatoms. The van der Waals surface area contributed by atoms with Crippen LogP contribution in [0.2, 0.25) is 0 Å². The van der Waals surface area contributed by atoms with E-state index in [-0.39, 0.29) is 0 Å². The van der Waals surface area contributed by atoms with Crippen molar-refractivity contribution in [1.29, 1.82) is 0 Å². The fraction of sp³-hybridized carbons (Fsp3) is 0. The van der Waals surface area contributed by atoms with Gasteiger partial charge in [-0.15, -0.1) is 0 Å². The van der Waals surface area contributed by atoms with Crippen LogP contribution < -0.4 is 0 Å². The van der Waals surface area contributed by atoms with Crippen LogP contribution >= 0.6 is 0 Å². The molecule has 5 nitrogen and oxygen atoms in total. The van der Waals surface area contributed by atoms with Gasteiger partial charge in [0.2, 0.25) is 0 Å². The Morgan fingerprint density at radius 2 is 0.936 bits per heavy atom. The smallest absolute Gasteiger partial charge is 0.0717 e. The lowest BCUT2D eigenvalue weighted by Gasteiger charge is -2.10. The van der Waals surface area contributed by atoms with E-state index in [9.17, 15) is 0 Å². The van der Waals surface area contributed by atoms with Crippen molar-refractivity contribution in [2.45, 2.75) is 0 Å². The largest absolute Gasteiger partial charge is 0.309 e. The van der Waals surface area contributed by atoms with E-state index in [2.05, 4.69) is 118 Å². The van der Waals surface area contributed by atoms with E-state index in [1.807, 2.05) is 49.1 Å². The van der Waals surface area contributed by atoms with E-state index < -0.39 is 0 Å². The third kappa shape index (κ3) is 4.82. The molecule has 0 amide bonds. The van der Waals surface area contributed by atoms with Crippen molar-refractivity contribution in [3.05, 3.63) is 165 Å². The molecule has 5 aromatic heterocycles. The normalized spacial score (nSPS) is 11.4. The Bertz CT molecular complexity index is 2400. The summed E-state index contributed by atoms with van der Waals surface area (Å²) in [4.78, 5) is 18.0. The van der Waals surface area contributed by atoms with Crippen LogP contribution in [-0.4, -0.2) is 24.5 Å². The Labute approximate surface area is 271 Å². The lowest BCUT2D eigenvalue weighted by molar-refractivity contribution is 1.19. The first kappa shape index (κ1) is 26.9. The summed E-state index contributed by atoms with van der Waals surface area (Å²) in [6.07, 6.45) is 11.1. The second-order valence-electron chi connectivity index (χ2n) is 11.7. The maximum Gasteiger partial charge on any atom is 0.0717 e. The highest BCUT2D eigenvalue weighted by Gasteiger charge is 2.16. The third-order valence-electron chi connectivity index (χ3n) is 8.86.